The lowest BCUT2D eigenvalue weighted by Gasteiger charge is -2.13. The maximum Gasteiger partial charge on any atom is 0.573 e. The minimum Gasteiger partial charge on any atom is -0.494 e. The van der Waals surface area contributed by atoms with Crippen molar-refractivity contribution in [1.82, 2.24) is 4.98 Å². The highest BCUT2D eigenvalue weighted by Crippen LogP contribution is 2.36. The van der Waals surface area contributed by atoms with Gasteiger partial charge in [-0.15, -0.1) is 13.2 Å². The highest BCUT2D eigenvalue weighted by Gasteiger charge is 2.33. The Balaban J connectivity index is 3.18. The molecule has 0 unspecified atom stereocenters. The Morgan fingerprint density at radius 3 is 2.29 bits per heavy atom. The zero-order valence-electron chi connectivity index (χ0n) is 8.19. The molecule has 0 N–H and O–H groups in total. The Hall–Kier alpha value is -1.31. The maximum absolute atomic E-state index is 12.4. The van der Waals surface area contributed by atoms with Crippen molar-refractivity contribution >= 4 is 11.6 Å². The van der Waals surface area contributed by atoms with Crippen molar-refractivity contribution in [3.63, 3.8) is 0 Å². The van der Waals surface area contributed by atoms with Gasteiger partial charge in [0.1, 0.15) is 5.75 Å². The Morgan fingerprint density at radius 2 is 1.88 bits per heavy atom. The Bertz CT molecular complexity index is 410. The second-order valence-electron chi connectivity index (χ2n) is 2.71. The van der Waals surface area contributed by atoms with Gasteiger partial charge in [-0.2, -0.15) is 0 Å². The summed E-state index contributed by atoms with van der Waals surface area (Å²) in [5.74, 6) is -1.44. The van der Waals surface area contributed by atoms with Crippen molar-refractivity contribution < 1.29 is 31.4 Å². The summed E-state index contributed by atoms with van der Waals surface area (Å²) in [5, 5.41) is -0.821. The molecule has 0 bridgehead atoms. The molecular formula is C8H5ClF5NO2. The van der Waals surface area contributed by atoms with Gasteiger partial charge in [0.2, 0.25) is 0 Å². The first-order chi connectivity index (χ1) is 7.74. The van der Waals surface area contributed by atoms with Crippen molar-refractivity contribution in [3.05, 3.63) is 16.9 Å². The fraction of sp³-hybridized carbons (Fsp3) is 0.375. The number of nitrogens with zero attached hydrogens (tertiary/aromatic N) is 1. The SMILES string of the molecule is COc1cc(OC(F)(F)F)c(Cl)nc1C(F)F. The number of methoxy groups -OCH3 is 1. The molecular weight excluding hydrogens is 273 g/mol. The number of rotatable bonds is 3. The van der Waals surface area contributed by atoms with E-state index in [0.717, 1.165) is 7.11 Å². The molecule has 3 nitrogen and oxygen atoms in total. The molecule has 0 radical (unpaired) electrons. The van der Waals surface area contributed by atoms with E-state index >= 15 is 0 Å². The molecule has 0 atom stereocenters. The molecule has 1 rings (SSSR count). The third-order valence-corrected chi connectivity index (χ3v) is 1.86. The summed E-state index contributed by atoms with van der Waals surface area (Å²) < 4.78 is 68.5. The summed E-state index contributed by atoms with van der Waals surface area (Å²) in [7, 11) is 1.01. The molecule has 0 fully saturated rings. The van der Waals surface area contributed by atoms with Crippen LogP contribution in [-0.2, 0) is 0 Å². The molecule has 96 valence electrons. The quantitative estimate of drug-likeness (QED) is 0.625. The Kier molecular flexibility index (Phi) is 3.97. The molecule has 0 saturated carbocycles. The smallest absolute Gasteiger partial charge is 0.494 e. The Labute approximate surface area is 97.1 Å². The van der Waals surface area contributed by atoms with Crippen LogP contribution >= 0.6 is 11.6 Å². The summed E-state index contributed by atoms with van der Waals surface area (Å²) in [6, 6.07) is 0.602. The zero-order chi connectivity index (χ0) is 13.2. The third kappa shape index (κ3) is 3.58. The first-order valence-electron chi connectivity index (χ1n) is 4.03. The molecule has 17 heavy (non-hydrogen) atoms. The van der Waals surface area contributed by atoms with Crippen molar-refractivity contribution in [2.45, 2.75) is 12.8 Å². The molecule has 1 aromatic rings. The summed E-state index contributed by atoms with van der Waals surface area (Å²) >= 11 is 5.28. The lowest BCUT2D eigenvalue weighted by atomic mass is 10.3. The van der Waals surface area contributed by atoms with Crippen molar-refractivity contribution in [2.24, 2.45) is 0 Å². The summed E-state index contributed by atoms with van der Waals surface area (Å²) in [6.07, 6.45) is -8.02. The first-order valence-corrected chi connectivity index (χ1v) is 4.40. The minimum atomic E-state index is -5.00. The predicted molar refractivity (Wildman–Crippen MR) is 47.4 cm³/mol. The van der Waals surface area contributed by atoms with Gasteiger partial charge >= 0.3 is 6.36 Å². The molecule has 0 aliphatic heterocycles. The maximum atomic E-state index is 12.4. The summed E-state index contributed by atoms with van der Waals surface area (Å²) in [4.78, 5) is 3.09. The van der Waals surface area contributed by atoms with E-state index in [2.05, 4.69) is 14.5 Å². The van der Waals surface area contributed by atoms with Crippen LogP contribution in [0.15, 0.2) is 6.07 Å². The monoisotopic (exact) mass is 277 g/mol. The second kappa shape index (κ2) is 4.91. The largest absolute Gasteiger partial charge is 0.573 e. The molecule has 0 amide bonds. The van der Waals surface area contributed by atoms with Crippen LogP contribution in [0.3, 0.4) is 0 Å². The van der Waals surface area contributed by atoms with Gasteiger partial charge < -0.3 is 9.47 Å². The van der Waals surface area contributed by atoms with Crippen LogP contribution in [0, 0.1) is 0 Å². The van der Waals surface area contributed by atoms with E-state index in [-0.39, 0.29) is 0 Å². The topological polar surface area (TPSA) is 31.4 Å². The van der Waals surface area contributed by atoms with E-state index in [9.17, 15) is 22.0 Å². The highest BCUT2D eigenvalue weighted by atomic mass is 35.5. The van der Waals surface area contributed by atoms with Crippen LogP contribution in [0.25, 0.3) is 0 Å². The van der Waals surface area contributed by atoms with Gasteiger partial charge in [-0.25, -0.2) is 13.8 Å². The number of hydrogen-bond donors (Lipinski definition) is 0. The van der Waals surface area contributed by atoms with Gasteiger partial charge in [0.05, 0.1) is 7.11 Å². The minimum absolute atomic E-state index is 0.538. The number of alkyl halides is 5. The van der Waals surface area contributed by atoms with Gasteiger partial charge in [-0.05, 0) is 0 Å². The molecule has 0 saturated heterocycles. The molecule has 1 aromatic heterocycles. The van der Waals surface area contributed by atoms with E-state index in [1.807, 2.05) is 0 Å². The van der Waals surface area contributed by atoms with Crippen LogP contribution in [0.1, 0.15) is 12.1 Å². The number of hydrogen-bond acceptors (Lipinski definition) is 3. The van der Waals surface area contributed by atoms with E-state index in [4.69, 9.17) is 11.6 Å². The summed E-state index contributed by atoms with van der Waals surface area (Å²) in [6.45, 7) is 0. The first kappa shape index (κ1) is 13.8. The van der Waals surface area contributed by atoms with E-state index in [1.165, 1.54) is 0 Å². The predicted octanol–water partition coefficient (Wildman–Crippen LogP) is 3.58. The van der Waals surface area contributed by atoms with E-state index < -0.39 is 35.1 Å². The molecule has 0 spiro atoms. The number of halogens is 6. The zero-order valence-corrected chi connectivity index (χ0v) is 8.94. The lowest BCUT2D eigenvalue weighted by Crippen LogP contribution is -2.18. The fourth-order valence-corrected chi connectivity index (χ4v) is 1.17. The molecule has 9 heteroatoms. The molecule has 0 aliphatic carbocycles. The second-order valence-corrected chi connectivity index (χ2v) is 3.07. The van der Waals surface area contributed by atoms with Crippen LogP contribution in [0.2, 0.25) is 5.15 Å². The van der Waals surface area contributed by atoms with Crippen LogP contribution < -0.4 is 9.47 Å². The van der Waals surface area contributed by atoms with Gasteiger partial charge in [0.15, 0.2) is 16.6 Å². The van der Waals surface area contributed by atoms with Crippen LogP contribution in [0.4, 0.5) is 22.0 Å². The van der Waals surface area contributed by atoms with E-state index in [0.29, 0.717) is 6.07 Å². The van der Waals surface area contributed by atoms with Crippen LogP contribution in [0.5, 0.6) is 11.5 Å². The number of ether oxygens (including phenoxy) is 2. The average molecular weight is 278 g/mol. The third-order valence-electron chi connectivity index (χ3n) is 1.59. The standard InChI is InChI=1S/C8H5ClF5NO2/c1-16-3-2-4(17-8(12,13)14)6(9)15-5(3)7(10)11/h2,7H,1H3. The van der Waals surface area contributed by atoms with Crippen LogP contribution in [-0.4, -0.2) is 18.5 Å². The van der Waals surface area contributed by atoms with Crippen molar-refractivity contribution in [2.75, 3.05) is 7.11 Å². The van der Waals surface area contributed by atoms with Gasteiger partial charge in [-0.1, -0.05) is 11.6 Å². The lowest BCUT2D eigenvalue weighted by molar-refractivity contribution is -0.274. The Morgan fingerprint density at radius 1 is 1.29 bits per heavy atom. The molecule has 0 aromatic carbocycles. The van der Waals surface area contributed by atoms with E-state index in [1.54, 1.807) is 0 Å². The van der Waals surface area contributed by atoms with Gasteiger partial charge in [0, 0.05) is 6.07 Å². The molecule has 0 aliphatic rings. The normalized spacial score (nSPS) is 11.8. The summed E-state index contributed by atoms with van der Waals surface area (Å²) in [5.41, 5.74) is -0.855. The number of aromatic nitrogens is 1. The van der Waals surface area contributed by atoms with Crippen molar-refractivity contribution in [3.8, 4) is 11.5 Å². The average Bonchev–Trinajstić information content (AvgIpc) is 2.18. The number of pyridine rings is 1. The molecule has 1 heterocycles. The van der Waals surface area contributed by atoms with Gasteiger partial charge in [-0.3, -0.25) is 0 Å². The van der Waals surface area contributed by atoms with Crippen molar-refractivity contribution in [1.29, 1.82) is 0 Å². The fourth-order valence-electron chi connectivity index (χ4n) is 0.985. The highest BCUT2D eigenvalue weighted by molar-refractivity contribution is 6.30. The van der Waals surface area contributed by atoms with Gasteiger partial charge in [0.25, 0.3) is 6.43 Å².